The van der Waals surface area contributed by atoms with Crippen LogP contribution in [-0.2, 0) is 15.9 Å². The van der Waals surface area contributed by atoms with Crippen LogP contribution in [0.4, 0.5) is 5.82 Å². The molecule has 1 aromatic carbocycles. The predicted molar refractivity (Wildman–Crippen MR) is 101 cm³/mol. The van der Waals surface area contributed by atoms with E-state index in [2.05, 4.69) is 15.0 Å². The Morgan fingerprint density at radius 3 is 2.54 bits per heavy atom. The van der Waals surface area contributed by atoms with Gasteiger partial charge in [0, 0.05) is 5.41 Å². The van der Waals surface area contributed by atoms with Crippen LogP contribution in [0.3, 0.4) is 0 Å². The molecule has 0 spiro atoms. The summed E-state index contributed by atoms with van der Waals surface area (Å²) in [6.07, 6.45) is -0.871. The van der Waals surface area contributed by atoms with E-state index in [4.69, 9.17) is 10.5 Å². The lowest BCUT2D eigenvalue weighted by Gasteiger charge is -2.46. The number of hydrogen-bond donors (Lipinski definition) is 4. The quantitative estimate of drug-likeness (QED) is 0.498. The molecule has 1 aliphatic heterocycles. The standard InChI is InChI=1S/C19H23N5O4/c1-18(2,11-6-4-3-5-7-11)19(15(27)14(26)12(8-25)28-19)24-10-23-13-16(20)21-9-22-17(13)24/h3-7,9-10,12,14-15,25-27H,8H2,1-2H3,(H2,20,21,22)/t12-,14-,15-,19+/m1/s1. The largest absolute Gasteiger partial charge is 0.394 e. The van der Waals surface area contributed by atoms with Crippen molar-refractivity contribution in [3.63, 3.8) is 0 Å². The molecule has 0 saturated carbocycles. The molecule has 5 N–H and O–H groups in total. The van der Waals surface area contributed by atoms with Gasteiger partial charge in [-0.25, -0.2) is 15.0 Å². The maximum Gasteiger partial charge on any atom is 0.185 e. The second kappa shape index (κ2) is 6.49. The minimum absolute atomic E-state index is 0.197. The van der Waals surface area contributed by atoms with Gasteiger partial charge in [0.25, 0.3) is 0 Å². The first-order valence-corrected chi connectivity index (χ1v) is 8.99. The average molecular weight is 385 g/mol. The molecule has 4 atom stereocenters. The monoisotopic (exact) mass is 385 g/mol. The Bertz CT molecular complexity index is 992. The highest BCUT2D eigenvalue weighted by Crippen LogP contribution is 2.50. The van der Waals surface area contributed by atoms with Crippen LogP contribution in [0.15, 0.2) is 43.0 Å². The van der Waals surface area contributed by atoms with Gasteiger partial charge in [0.15, 0.2) is 17.2 Å². The first kappa shape index (κ1) is 18.8. The van der Waals surface area contributed by atoms with E-state index in [1.165, 1.54) is 12.7 Å². The summed E-state index contributed by atoms with van der Waals surface area (Å²) in [6, 6.07) is 9.50. The van der Waals surface area contributed by atoms with Crippen LogP contribution in [0.25, 0.3) is 11.2 Å². The molecule has 0 unspecified atom stereocenters. The lowest BCUT2D eigenvalue weighted by Crippen LogP contribution is -2.57. The Labute approximate surface area is 161 Å². The fourth-order valence-electron chi connectivity index (χ4n) is 4.13. The number of hydrogen-bond acceptors (Lipinski definition) is 8. The maximum absolute atomic E-state index is 11.2. The number of aliphatic hydroxyl groups excluding tert-OH is 3. The number of anilines is 1. The normalized spacial score (nSPS) is 28.1. The van der Waals surface area contributed by atoms with Gasteiger partial charge in [-0.3, -0.25) is 4.57 Å². The van der Waals surface area contributed by atoms with Crippen molar-refractivity contribution < 1.29 is 20.1 Å². The van der Waals surface area contributed by atoms with Crippen molar-refractivity contribution in [3.05, 3.63) is 48.5 Å². The molecule has 1 aliphatic rings. The van der Waals surface area contributed by atoms with Crippen LogP contribution >= 0.6 is 0 Å². The number of nitrogens with zero attached hydrogens (tertiary/aromatic N) is 4. The van der Waals surface area contributed by atoms with E-state index < -0.39 is 36.1 Å². The minimum atomic E-state index is -1.50. The number of aromatic nitrogens is 4. The third-order valence-corrected chi connectivity index (χ3v) is 5.73. The second-order valence-electron chi connectivity index (χ2n) is 7.51. The Balaban J connectivity index is 2.02. The molecule has 4 rings (SSSR count). The number of benzene rings is 1. The summed E-state index contributed by atoms with van der Waals surface area (Å²) in [5.74, 6) is 0.197. The van der Waals surface area contributed by atoms with Crippen molar-refractivity contribution in [2.24, 2.45) is 0 Å². The molecule has 9 heteroatoms. The zero-order valence-corrected chi connectivity index (χ0v) is 15.6. The van der Waals surface area contributed by atoms with Crippen LogP contribution in [0.2, 0.25) is 0 Å². The fourth-order valence-corrected chi connectivity index (χ4v) is 4.13. The van der Waals surface area contributed by atoms with Crippen LogP contribution in [0.1, 0.15) is 19.4 Å². The molecule has 0 aliphatic carbocycles. The second-order valence-corrected chi connectivity index (χ2v) is 7.51. The van der Waals surface area contributed by atoms with Crippen LogP contribution < -0.4 is 5.73 Å². The lowest BCUT2D eigenvalue weighted by atomic mass is 9.72. The number of nitrogen functional groups attached to an aromatic ring is 1. The first-order chi connectivity index (χ1) is 13.3. The summed E-state index contributed by atoms with van der Waals surface area (Å²) < 4.78 is 7.79. The van der Waals surface area contributed by atoms with Crippen LogP contribution in [0.5, 0.6) is 0 Å². The molecule has 148 valence electrons. The average Bonchev–Trinajstić information content (AvgIpc) is 3.24. The number of ether oxygens (including phenoxy) is 1. The van der Waals surface area contributed by atoms with Gasteiger partial charge in [-0.15, -0.1) is 0 Å². The number of aliphatic hydroxyl groups is 3. The third-order valence-electron chi connectivity index (χ3n) is 5.73. The van der Waals surface area contributed by atoms with Gasteiger partial charge in [-0.05, 0) is 5.56 Å². The van der Waals surface area contributed by atoms with Gasteiger partial charge in [0.05, 0.1) is 12.9 Å². The predicted octanol–water partition coefficient (Wildman–Crippen LogP) is 0.152. The molecular formula is C19H23N5O4. The molecule has 3 heterocycles. The Morgan fingerprint density at radius 2 is 1.89 bits per heavy atom. The van der Waals surface area contributed by atoms with Crippen molar-refractivity contribution in [3.8, 4) is 0 Å². The van der Waals surface area contributed by atoms with E-state index in [9.17, 15) is 15.3 Å². The molecule has 2 aromatic heterocycles. The Kier molecular flexibility index (Phi) is 4.35. The highest BCUT2D eigenvalue weighted by molar-refractivity contribution is 5.81. The van der Waals surface area contributed by atoms with Gasteiger partial charge in [-0.2, -0.15) is 0 Å². The zero-order chi connectivity index (χ0) is 20.1. The van der Waals surface area contributed by atoms with E-state index in [0.29, 0.717) is 11.2 Å². The van der Waals surface area contributed by atoms with Gasteiger partial charge in [0.2, 0.25) is 0 Å². The van der Waals surface area contributed by atoms with Crippen molar-refractivity contribution in [2.75, 3.05) is 12.3 Å². The van der Waals surface area contributed by atoms with Crippen molar-refractivity contribution in [1.29, 1.82) is 0 Å². The summed E-state index contributed by atoms with van der Waals surface area (Å²) in [5, 5.41) is 31.5. The topological polar surface area (TPSA) is 140 Å². The Morgan fingerprint density at radius 1 is 1.18 bits per heavy atom. The SMILES string of the molecule is CC(C)(c1ccccc1)[C@@]1(n2cnc3c(N)ncnc32)O[C@H](CO)[C@@H](O)[C@H]1O. The molecule has 0 amide bonds. The van der Waals surface area contributed by atoms with Gasteiger partial charge in [-0.1, -0.05) is 44.2 Å². The van der Waals surface area contributed by atoms with Crippen molar-refractivity contribution >= 4 is 17.0 Å². The van der Waals surface area contributed by atoms with E-state index >= 15 is 0 Å². The summed E-state index contributed by atoms with van der Waals surface area (Å²) in [5.41, 5.74) is 5.16. The number of fused-ring (bicyclic) bond motifs is 1. The Hall–Kier alpha value is -2.59. The summed E-state index contributed by atoms with van der Waals surface area (Å²) >= 11 is 0. The van der Waals surface area contributed by atoms with E-state index in [1.807, 2.05) is 44.2 Å². The molecule has 1 saturated heterocycles. The first-order valence-electron chi connectivity index (χ1n) is 8.99. The van der Waals surface area contributed by atoms with Gasteiger partial charge < -0.3 is 25.8 Å². The molecular weight excluding hydrogens is 362 g/mol. The summed E-state index contributed by atoms with van der Waals surface area (Å²) in [6.45, 7) is 3.34. The number of nitrogens with two attached hydrogens (primary N) is 1. The van der Waals surface area contributed by atoms with E-state index in [-0.39, 0.29) is 5.82 Å². The number of imidazole rings is 1. The van der Waals surface area contributed by atoms with Gasteiger partial charge >= 0.3 is 0 Å². The van der Waals surface area contributed by atoms with Crippen molar-refractivity contribution in [2.45, 2.75) is 43.3 Å². The highest BCUT2D eigenvalue weighted by atomic mass is 16.6. The number of rotatable bonds is 4. The lowest BCUT2D eigenvalue weighted by molar-refractivity contribution is -0.186. The van der Waals surface area contributed by atoms with Crippen LogP contribution in [-0.4, -0.2) is 59.8 Å². The van der Waals surface area contributed by atoms with Crippen molar-refractivity contribution in [1.82, 2.24) is 19.5 Å². The van der Waals surface area contributed by atoms with Gasteiger partial charge in [0.1, 0.15) is 30.2 Å². The third kappa shape index (κ3) is 2.37. The fraction of sp³-hybridized carbons (Fsp3) is 0.421. The molecule has 9 nitrogen and oxygen atoms in total. The smallest absolute Gasteiger partial charge is 0.185 e. The molecule has 28 heavy (non-hydrogen) atoms. The van der Waals surface area contributed by atoms with Crippen LogP contribution in [0, 0.1) is 0 Å². The minimum Gasteiger partial charge on any atom is -0.394 e. The zero-order valence-electron chi connectivity index (χ0n) is 15.6. The highest BCUT2D eigenvalue weighted by Gasteiger charge is 2.63. The molecule has 3 aromatic rings. The van der Waals surface area contributed by atoms with E-state index in [0.717, 1.165) is 5.56 Å². The summed E-state index contributed by atoms with van der Waals surface area (Å²) in [4.78, 5) is 12.5. The molecule has 0 bridgehead atoms. The maximum atomic E-state index is 11.2. The summed E-state index contributed by atoms with van der Waals surface area (Å²) in [7, 11) is 0. The molecule has 0 radical (unpaired) electrons. The van der Waals surface area contributed by atoms with E-state index in [1.54, 1.807) is 4.57 Å². The molecule has 1 fully saturated rings.